The van der Waals surface area contributed by atoms with Crippen LogP contribution in [0.3, 0.4) is 0 Å². The van der Waals surface area contributed by atoms with Crippen molar-refractivity contribution >= 4 is 23.1 Å². The van der Waals surface area contributed by atoms with E-state index in [0.29, 0.717) is 10.4 Å². The molecule has 23 heavy (non-hydrogen) atoms. The summed E-state index contributed by atoms with van der Waals surface area (Å²) >= 11 is 1.28. The Bertz CT molecular complexity index is 861. The second kappa shape index (κ2) is 6.18. The quantitative estimate of drug-likeness (QED) is 0.711. The molecule has 0 saturated heterocycles. The Morgan fingerprint density at radius 2 is 1.52 bits per heavy atom. The van der Waals surface area contributed by atoms with Crippen LogP contribution in [0.25, 0.3) is 11.1 Å². The average Bonchev–Trinajstić information content (AvgIpc) is 2.97. The molecule has 0 spiro atoms. The molecular formula is C19H14O3S. The fourth-order valence-electron chi connectivity index (χ4n) is 2.49. The van der Waals surface area contributed by atoms with E-state index in [9.17, 15) is 14.7 Å². The van der Waals surface area contributed by atoms with Gasteiger partial charge in [0, 0.05) is 21.4 Å². The molecular weight excluding hydrogens is 308 g/mol. The number of carboxylic acids is 1. The molecule has 114 valence electrons. The molecule has 0 atom stereocenters. The molecule has 1 heterocycles. The molecule has 1 N–H and O–H groups in total. The van der Waals surface area contributed by atoms with Gasteiger partial charge >= 0.3 is 5.97 Å². The maximum atomic E-state index is 12.6. The third-order valence-corrected chi connectivity index (χ3v) is 4.60. The number of aryl methyl sites for hydroxylation is 1. The second-order valence-electron chi connectivity index (χ2n) is 5.16. The van der Waals surface area contributed by atoms with E-state index < -0.39 is 5.97 Å². The molecule has 0 fully saturated rings. The molecule has 0 aliphatic carbocycles. The summed E-state index contributed by atoms with van der Waals surface area (Å²) < 4.78 is 0. The summed E-state index contributed by atoms with van der Waals surface area (Å²) in [6.07, 6.45) is 0. The van der Waals surface area contributed by atoms with Crippen LogP contribution in [-0.2, 0) is 0 Å². The molecule has 4 heteroatoms. The van der Waals surface area contributed by atoms with Crippen LogP contribution in [0.2, 0.25) is 0 Å². The van der Waals surface area contributed by atoms with Crippen LogP contribution in [0.1, 0.15) is 31.2 Å². The van der Waals surface area contributed by atoms with Gasteiger partial charge in [-0.05, 0) is 18.1 Å². The summed E-state index contributed by atoms with van der Waals surface area (Å²) in [5, 5.41) is 10.9. The van der Waals surface area contributed by atoms with Gasteiger partial charge in [0.2, 0.25) is 0 Å². The highest BCUT2D eigenvalue weighted by Crippen LogP contribution is 2.26. The maximum absolute atomic E-state index is 12.6. The molecule has 0 aliphatic rings. The minimum Gasteiger partial charge on any atom is -0.478 e. The number of hydrogen-bond acceptors (Lipinski definition) is 3. The zero-order valence-electron chi connectivity index (χ0n) is 12.4. The lowest BCUT2D eigenvalue weighted by atomic mass is 9.98. The lowest BCUT2D eigenvalue weighted by Crippen LogP contribution is -2.08. The average molecular weight is 322 g/mol. The van der Waals surface area contributed by atoms with Crippen molar-refractivity contribution in [1.29, 1.82) is 0 Å². The smallest absolute Gasteiger partial charge is 0.337 e. The Kier molecular flexibility index (Phi) is 4.08. The first kappa shape index (κ1) is 15.2. The Labute approximate surface area is 137 Å². The van der Waals surface area contributed by atoms with Crippen molar-refractivity contribution < 1.29 is 14.7 Å². The van der Waals surface area contributed by atoms with Crippen molar-refractivity contribution in [3.05, 3.63) is 81.5 Å². The number of ketones is 1. The van der Waals surface area contributed by atoms with Crippen LogP contribution in [-0.4, -0.2) is 16.9 Å². The van der Waals surface area contributed by atoms with E-state index in [1.165, 1.54) is 11.3 Å². The largest absolute Gasteiger partial charge is 0.478 e. The van der Waals surface area contributed by atoms with Crippen molar-refractivity contribution in [2.45, 2.75) is 6.92 Å². The predicted molar refractivity (Wildman–Crippen MR) is 91.3 cm³/mol. The van der Waals surface area contributed by atoms with Crippen LogP contribution in [0.4, 0.5) is 0 Å². The summed E-state index contributed by atoms with van der Waals surface area (Å²) in [7, 11) is 0. The topological polar surface area (TPSA) is 54.4 Å². The maximum Gasteiger partial charge on any atom is 0.337 e. The van der Waals surface area contributed by atoms with E-state index in [0.717, 1.165) is 11.1 Å². The predicted octanol–water partition coefficient (Wildman–Crippen LogP) is 4.65. The van der Waals surface area contributed by atoms with Gasteiger partial charge in [0.25, 0.3) is 0 Å². The summed E-state index contributed by atoms with van der Waals surface area (Å²) in [6, 6.07) is 17.1. The first-order chi connectivity index (χ1) is 11.1. The van der Waals surface area contributed by atoms with Crippen molar-refractivity contribution in [2.24, 2.45) is 0 Å². The first-order valence-electron chi connectivity index (χ1n) is 7.09. The number of rotatable bonds is 4. The summed E-state index contributed by atoms with van der Waals surface area (Å²) in [6.45, 7) is 1.71. The highest BCUT2D eigenvalue weighted by Gasteiger charge is 2.21. The van der Waals surface area contributed by atoms with E-state index in [-0.39, 0.29) is 16.9 Å². The summed E-state index contributed by atoms with van der Waals surface area (Å²) in [5.41, 5.74) is 2.94. The second-order valence-corrected chi connectivity index (χ2v) is 6.24. The Morgan fingerprint density at radius 1 is 0.913 bits per heavy atom. The molecule has 1 aromatic heterocycles. The zero-order chi connectivity index (χ0) is 16.4. The van der Waals surface area contributed by atoms with Gasteiger partial charge in [-0.2, -0.15) is 0 Å². The fraction of sp³-hybridized carbons (Fsp3) is 0.0526. The van der Waals surface area contributed by atoms with Crippen LogP contribution in [0.15, 0.2) is 60.0 Å². The number of benzene rings is 2. The van der Waals surface area contributed by atoms with Crippen molar-refractivity contribution in [2.75, 3.05) is 0 Å². The van der Waals surface area contributed by atoms with Crippen LogP contribution < -0.4 is 0 Å². The lowest BCUT2D eigenvalue weighted by Gasteiger charge is -2.04. The highest BCUT2D eigenvalue weighted by atomic mass is 32.1. The molecule has 3 aromatic rings. The first-order valence-corrected chi connectivity index (χ1v) is 7.97. The van der Waals surface area contributed by atoms with Gasteiger partial charge in [-0.1, -0.05) is 54.6 Å². The Balaban J connectivity index is 1.94. The lowest BCUT2D eigenvalue weighted by molar-refractivity contribution is 0.0693. The molecule has 0 bridgehead atoms. The molecule has 0 saturated carbocycles. The molecule has 0 amide bonds. The molecule has 0 unspecified atom stereocenters. The monoisotopic (exact) mass is 322 g/mol. The number of carbonyl (C=O) groups is 2. The summed E-state index contributed by atoms with van der Waals surface area (Å²) in [4.78, 5) is 24.5. The normalized spacial score (nSPS) is 10.5. The van der Waals surface area contributed by atoms with Gasteiger partial charge in [-0.25, -0.2) is 4.79 Å². The molecule has 3 nitrogen and oxygen atoms in total. The van der Waals surface area contributed by atoms with E-state index in [1.54, 1.807) is 24.4 Å². The van der Waals surface area contributed by atoms with Crippen LogP contribution >= 0.6 is 11.3 Å². The van der Waals surface area contributed by atoms with Gasteiger partial charge < -0.3 is 5.11 Å². The van der Waals surface area contributed by atoms with E-state index >= 15 is 0 Å². The SMILES string of the molecule is Cc1scc(C(=O)c2ccc(-c3ccccc3)cc2)c1C(=O)O. The third kappa shape index (κ3) is 2.94. The van der Waals surface area contributed by atoms with Gasteiger partial charge in [0.1, 0.15) is 0 Å². The van der Waals surface area contributed by atoms with Gasteiger partial charge in [-0.15, -0.1) is 11.3 Å². The van der Waals surface area contributed by atoms with Crippen LogP contribution in [0, 0.1) is 6.92 Å². The van der Waals surface area contributed by atoms with Crippen molar-refractivity contribution in [1.82, 2.24) is 0 Å². The van der Waals surface area contributed by atoms with Gasteiger partial charge in [0.05, 0.1) is 5.56 Å². The van der Waals surface area contributed by atoms with E-state index in [4.69, 9.17) is 0 Å². The third-order valence-electron chi connectivity index (χ3n) is 3.69. The zero-order valence-corrected chi connectivity index (χ0v) is 13.3. The summed E-state index contributed by atoms with van der Waals surface area (Å²) in [5.74, 6) is -1.32. The molecule has 3 rings (SSSR count). The molecule has 0 aliphatic heterocycles. The standard InChI is InChI=1S/C19H14O3S/c1-12-17(19(21)22)16(11-23-12)18(20)15-9-7-14(8-10-15)13-5-3-2-4-6-13/h2-11H,1H3,(H,21,22). The molecule has 2 aromatic carbocycles. The van der Waals surface area contributed by atoms with E-state index in [1.807, 2.05) is 42.5 Å². The number of thiophene rings is 1. The van der Waals surface area contributed by atoms with Crippen molar-refractivity contribution in [3.8, 4) is 11.1 Å². The Morgan fingerprint density at radius 3 is 2.13 bits per heavy atom. The number of carbonyl (C=O) groups excluding carboxylic acids is 1. The fourth-order valence-corrected chi connectivity index (χ4v) is 3.32. The van der Waals surface area contributed by atoms with E-state index in [2.05, 4.69) is 0 Å². The minimum atomic E-state index is -1.06. The Hall–Kier alpha value is -2.72. The number of hydrogen-bond donors (Lipinski definition) is 1. The number of carboxylic acid groups (broad SMARTS) is 1. The van der Waals surface area contributed by atoms with Crippen molar-refractivity contribution in [3.63, 3.8) is 0 Å². The van der Waals surface area contributed by atoms with Gasteiger partial charge in [-0.3, -0.25) is 4.79 Å². The van der Waals surface area contributed by atoms with Crippen LogP contribution in [0.5, 0.6) is 0 Å². The highest BCUT2D eigenvalue weighted by molar-refractivity contribution is 7.10. The minimum absolute atomic E-state index is 0.104. The molecule has 0 radical (unpaired) electrons. The van der Waals surface area contributed by atoms with Gasteiger partial charge in [0.15, 0.2) is 5.78 Å². The number of aromatic carboxylic acids is 1.